The topological polar surface area (TPSA) is 103 Å². The number of amides is 1. The van der Waals surface area contributed by atoms with E-state index in [0.29, 0.717) is 11.5 Å². The number of fused-ring (bicyclic) bond motifs is 1. The van der Waals surface area contributed by atoms with Gasteiger partial charge in [0.05, 0.1) is 39.0 Å². The van der Waals surface area contributed by atoms with Gasteiger partial charge >= 0.3 is 0 Å². The number of hydrogen-bond acceptors (Lipinski definition) is 7. The fourth-order valence-corrected chi connectivity index (χ4v) is 5.57. The summed E-state index contributed by atoms with van der Waals surface area (Å²) >= 11 is 0. The Kier molecular flexibility index (Phi) is 8.46. The maximum Gasteiger partial charge on any atom is 0.265 e. The second kappa shape index (κ2) is 12.0. The molecular formula is C29H30N2O7S. The molecule has 0 heterocycles. The Bertz CT molecular complexity index is 1590. The normalized spacial score (nSPS) is 11.1. The van der Waals surface area contributed by atoms with Gasteiger partial charge in [0.15, 0.2) is 11.5 Å². The Balaban J connectivity index is 1.68. The van der Waals surface area contributed by atoms with Gasteiger partial charge in [-0.3, -0.25) is 9.10 Å². The summed E-state index contributed by atoms with van der Waals surface area (Å²) in [6.45, 7) is -0.281. The van der Waals surface area contributed by atoms with E-state index in [4.69, 9.17) is 18.9 Å². The average molecular weight is 551 g/mol. The molecule has 0 unspecified atom stereocenters. The SMILES string of the molecule is COc1ccc(OC)c(N(CC(=O)NCc2ccc3ccccc3c2)S(=O)(=O)c2ccc(OC)c(OC)c2)c1. The molecular weight excluding hydrogens is 520 g/mol. The lowest BCUT2D eigenvalue weighted by Crippen LogP contribution is -2.40. The molecule has 4 rings (SSSR count). The molecule has 0 aliphatic rings. The molecule has 0 spiro atoms. The van der Waals surface area contributed by atoms with Crippen LogP contribution in [0.4, 0.5) is 5.69 Å². The highest BCUT2D eigenvalue weighted by Crippen LogP contribution is 2.37. The zero-order chi connectivity index (χ0) is 28.0. The molecule has 1 amide bonds. The van der Waals surface area contributed by atoms with E-state index >= 15 is 0 Å². The number of carbonyl (C=O) groups excluding carboxylic acids is 1. The van der Waals surface area contributed by atoms with Gasteiger partial charge in [0.1, 0.15) is 18.0 Å². The Morgan fingerprint density at radius 2 is 1.44 bits per heavy atom. The third-order valence-electron chi connectivity index (χ3n) is 6.19. The minimum atomic E-state index is -4.27. The summed E-state index contributed by atoms with van der Waals surface area (Å²) in [5.41, 5.74) is 1.03. The van der Waals surface area contributed by atoms with Crippen LogP contribution in [0.3, 0.4) is 0 Å². The number of benzene rings is 4. The third kappa shape index (κ3) is 6.01. The van der Waals surface area contributed by atoms with Crippen molar-refractivity contribution in [2.45, 2.75) is 11.4 Å². The number of hydrogen-bond donors (Lipinski definition) is 1. The Hall–Kier alpha value is -4.44. The highest BCUT2D eigenvalue weighted by molar-refractivity contribution is 7.92. The van der Waals surface area contributed by atoms with Crippen LogP contribution in [0.2, 0.25) is 0 Å². The van der Waals surface area contributed by atoms with Crippen LogP contribution in [-0.4, -0.2) is 49.3 Å². The van der Waals surface area contributed by atoms with Crippen LogP contribution in [0.15, 0.2) is 83.8 Å². The highest BCUT2D eigenvalue weighted by Gasteiger charge is 2.31. The van der Waals surface area contributed by atoms with E-state index < -0.39 is 22.5 Å². The van der Waals surface area contributed by atoms with E-state index in [9.17, 15) is 13.2 Å². The maximum absolute atomic E-state index is 14.0. The number of nitrogens with zero attached hydrogens (tertiary/aromatic N) is 1. The van der Waals surface area contributed by atoms with Gasteiger partial charge in [-0.1, -0.05) is 36.4 Å². The second-order valence-corrected chi connectivity index (χ2v) is 10.4. The predicted octanol–water partition coefficient (Wildman–Crippen LogP) is 4.39. The zero-order valence-corrected chi connectivity index (χ0v) is 22.9. The fraction of sp³-hybridized carbons (Fsp3) is 0.207. The quantitative estimate of drug-likeness (QED) is 0.296. The van der Waals surface area contributed by atoms with Crippen LogP contribution in [0.1, 0.15) is 5.56 Å². The van der Waals surface area contributed by atoms with Crippen LogP contribution in [0.25, 0.3) is 10.8 Å². The van der Waals surface area contributed by atoms with Gasteiger partial charge in [-0.15, -0.1) is 0 Å². The smallest absolute Gasteiger partial charge is 0.265 e. The Labute approximate surface area is 227 Å². The summed E-state index contributed by atoms with van der Waals surface area (Å²) < 4.78 is 50.3. The molecule has 0 aromatic heterocycles. The van der Waals surface area contributed by atoms with E-state index in [0.717, 1.165) is 20.6 Å². The van der Waals surface area contributed by atoms with Crippen molar-refractivity contribution in [3.63, 3.8) is 0 Å². The average Bonchev–Trinajstić information content (AvgIpc) is 2.97. The highest BCUT2D eigenvalue weighted by atomic mass is 32.2. The molecule has 4 aromatic carbocycles. The van der Waals surface area contributed by atoms with E-state index in [1.165, 1.54) is 52.7 Å². The monoisotopic (exact) mass is 550 g/mol. The molecule has 0 atom stereocenters. The molecule has 0 aliphatic carbocycles. The summed E-state index contributed by atoms with van der Waals surface area (Å²) in [7, 11) is 1.49. The molecule has 0 saturated carbocycles. The number of ether oxygens (including phenoxy) is 4. The van der Waals surface area contributed by atoms with Crippen molar-refractivity contribution in [2.75, 3.05) is 39.3 Å². The molecule has 9 nitrogen and oxygen atoms in total. The minimum absolute atomic E-state index is 0.0904. The number of methoxy groups -OCH3 is 4. The standard InChI is InChI=1S/C29H30N2O7S/c1-35-23-11-13-26(36-2)25(16-23)31(39(33,34)24-12-14-27(37-3)28(17-24)38-4)19-29(32)30-18-20-9-10-21-7-5-6-8-22(21)15-20/h5-17H,18-19H2,1-4H3,(H,30,32). The van der Waals surface area contributed by atoms with Crippen LogP contribution in [-0.2, 0) is 21.4 Å². The molecule has 0 radical (unpaired) electrons. The van der Waals surface area contributed by atoms with Gasteiger partial charge in [-0.05, 0) is 46.7 Å². The molecule has 4 aromatic rings. The molecule has 0 bridgehead atoms. The minimum Gasteiger partial charge on any atom is -0.497 e. The van der Waals surface area contributed by atoms with Crippen molar-refractivity contribution in [1.82, 2.24) is 5.32 Å². The van der Waals surface area contributed by atoms with Crippen molar-refractivity contribution in [1.29, 1.82) is 0 Å². The Morgan fingerprint density at radius 3 is 2.13 bits per heavy atom. The third-order valence-corrected chi connectivity index (χ3v) is 7.94. The predicted molar refractivity (Wildman–Crippen MR) is 149 cm³/mol. The molecule has 1 N–H and O–H groups in total. The molecule has 204 valence electrons. The van der Waals surface area contributed by atoms with E-state index in [2.05, 4.69) is 5.32 Å². The summed E-state index contributed by atoms with van der Waals surface area (Å²) in [4.78, 5) is 13.1. The number of anilines is 1. The van der Waals surface area contributed by atoms with Gasteiger partial charge < -0.3 is 24.3 Å². The van der Waals surface area contributed by atoms with Gasteiger partial charge in [-0.2, -0.15) is 0 Å². The van der Waals surface area contributed by atoms with Gasteiger partial charge in [-0.25, -0.2) is 8.42 Å². The van der Waals surface area contributed by atoms with E-state index in [1.807, 2.05) is 42.5 Å². The largest absolute Gasteiger partial charge is 0.497 e. The summed E-state index contributed by atoms with van der Waals surface area (Å²) in [5.74, 6) is 0.751. The van der Waals surface area contributed by atoms with Crippen molar-refractivity contribution >= 4 is 32.4 Å². The Morgan fingerprint density at radius 1 is 0.744 bits per heavy atom. The lowest BCUT2D eigenvalue weighted by Gasteiger charge is -2.26. The van der Waals surface area contributed by atoms with Gasteiger partial charge in [0.2, 0.25) is 5.91 Å². The number of carbonyl (C=O) groups is 1. The van der Waals surface area contributed by atoms with Crippen LogP contribution in [0, 0.1) is 0 Å². The van der Waals surface area contributed by atoms with Gasteiger partial charge in [0, 0.05) is 18.7 Å². The number of rotatable bonds is 11. The van der Waals surface area contributed by atoms with Crippen LogP contribution < -0.4 is 28.6 Å². The summed E-state index contributed by atoms with van der Waals surface area (Å²) in [6.07, 6.45) is 0. The first kappa shape index (κ1) is 27.6. The van der Waals surface area contributed by atoms with Crippen LogP contribution in [0.5, 0.6) is 23.0 Å². The first-order chi connectivity index (χ1) is 18.8. The van der Waals surface area contributed by atoms with Crippen LogP contribution >= 0.6 is 0 Å². The fourth-order valence-electron chi connectivity index (χ4n) is 4.13. The van der Waals surface area contributed by atoms with E-state index in [-0.39, 0.29) is 28.6 Å². The lowest BCUT2D eigenvalue weighted by atomic mass is 10.1. The zero-order valence-electron chi connectivity index (χ0n) is 22.1. The first-order valence-corrected chi connectivity index (χ1v) is 13.5. The molecule has 39 heavy (non-hydrogen) atoms. The maximum atomic E-state index is 14.0. The molecule has 0 saturated heterocycles. The summed E-state index contributed by atoms with van der Waals surface area (Å²) in [5, 5.41) is 4.96. The van der Waals surface area contributed by atoms with Crippen molar-refractivity contribution in [2.24, 2.45) is 0 Å². The van der Waals surface area contributed by atoms with Gasteiger partial charge in [0.25, 0.3) is 10.0 Å². The number of nitrogens with one attached hydrogen (secondary N) is 1. The number of sulfonamides is 1. The van der Waals surface area contributed by atoms with Crippen molar-refractivity contribution < 1.29 is 32.2 Å². The molecule has 0 aliphatic heterocycles. The van der Waals surface area contributed by atoms with Crippen molar-refractivity contribution in [3.8, 4) is 23.0 Å². The summed E-state index contributed by atoms with van der Waals surface area (Å²) in [6, 6.07) is 22.8. The molecule has 10 heteroatoms. The lowest BCUT2D eigenvalue weighted by molar-refractivity contribution is -0.119. The van der Waals surface area contributed by atoms with Crippen molar-refractivity contribution in [3.05, 3.63) is 84.4 Å². The first-order valence-electron chi connectivity index (χ1n) is 12.0. The van der Waals surface area contributed by atoms with E-state index in [1.54, 1.807) is 12.1 Å². The second-order valence-electron chi connectivity index (χ2n) is 8.52. The molecule has 0 fully saturated rings.